The maximum absolute atomic E-state index is 10.5. The van der Waals surface area contributed by atoms with Gasteiger partial charge < -0.3 is 5.11 Å². The summed E-state index contributed by atoms with van der Waals surface area (Å²) in [6, 6.07) is 8.51. The van der Waals surface area contributed by atoms with E-state index in [0.29, 0.717) is 0 Å². The molecule has 1 aliphatic rings. The van der Waals surface area contributed by atoms with Crippen molar-refractivity contribution in [3.05, 3.63) is 35.4 Å². The third-order valence-electron chi connectivity index (χ3n) is 3.66. The Hall–Kier alpha value is -0.470. The minimum absolute atomic E-state index is 0.0201. The zero-order valence-corrected chi connectivity index (χ0v) is 11.6. The van der Waals surface area contributed by atoms with E-state index in [1.807, 2.05) is 11.8 Å². The topological polar surface area (TPSA) is 20.2 Å². The molecule has 94 valence electrons. The van der Waals surface area contributed by atoms with Crippen LogP contribution in [0.1, 0.15) is 50.3 Å². The molecule has 0 radical (unpaired) electrons. The fourth-order valence-corrected chi connectivity index (χ4v) is 3.86. The van der Waals surface area contributed by atoms with Gasteiger partial charge in [0.2, 0.25) is 0 Å². The van der Waals surface area contributed by atoms with Crippen molar-refractivity contribution in [1.29, 1.82) is 0 Å². The van der Waals surface area contributed by atoms with E-state index >= 15 is 0 Å². The fourth-order valence-electron chi connectivity index (χ4n) is 2.52. The molecule has 0 amide bonds. The van der Waals surface area contributed by atoms with Gasteiger partial charge in [0.25, 0.3) is 0 Å². The van der Waals surface area contributed by atoms with Crippen molar-refractivity contribution in [3.8, 4) is 0 Å². The van der Waals surface area contributed by atoms with Crippen LogP contribution in [0, 0.1) is 0 Å². The first kappa shape index (κ1) is 13.0. The van der Waals surface area contributed by atoms with Crippen molar-refractivity contribution in [2.75, 3.05) is 5.75 Å². The summed E-state index contributed by atoms with van der Waals surface area (Å²) in [6.07, 6.45) is 4.32. The Morgan fingerprint density at radius 1 is 1.35 bits per heavy atom. The molecule has 2 rings (SSSR count). The normalized spacial score (nSPS) is 26.1. The third-order valence-corrected chi connectivity index (χ3v) is 5.24. The highest BCUT2D eigenvalue weighted by atomic mass is 32.2. The number of benzene rings is 1. The number of hydrogen-bond donors (Lipinski definition) is 1. The molecule has 2 atom stereocenters. The van der Waals surface area contributed by atoms with E-state index in [-0.39, 0.29) is 10.9 Å². The van der Waals surface area contributed by atoms with Crippen LogP contribution < -0.4 is 0 Å². The Morgan fingerprint density at radius 2 is 2.06 bits per heavy atom. The van der Waals surface area contributed by atoms with Crippen LogP contribution in [0.4, 0.5) is 0 Å². The SMILES string of the molecule is CCCc1ccc(C(O)C2(C)CCCS2)cc1. The average molecular weight is 250 g/mol. The molecule has 17 heavy (non-hydrogen) atoms. The lowest BCUT2D eigenvalue weighted by molar-refractivity contribution is 0.135. The summed E-state index contributed by atoms with van der Waals surface area (Å²) in [7, 11) is 0. The zero-order chi connectivity index (χ0) is 12.3. The second-order valence-corrected chi connectivity index (χ2v) is 6.79. The van der Waals surface area contributed by atoms with Gasteiger partial charge in [0.05, 0.1) is 6.10 Å². The maximum atomic E-state index is 10.5. The van der Waals surface area contributed by atoms with Crippen LogP contribution in [0.15, 0.2) is 24.3 Å². The third kappa shape index (κ3) is 2.86. The first-order chi connectivity index (χ1) is 8.15. The Kier molecular flexibility index (Phi) is 4.16. The van der Waals surface area contributed by atoms with Gasteiger partial charge in [0.15, 0.2) is 0 Å². The minimum atomic E-state index is -0.328. The molecular weight excluding hydrogens is 228 g/mol. The molecular formula is C15H22OS. The Bertz CT molecular complexity index is 352. The van der Waals surface area contributed by atoms with Crippen molar-refractivity contribution in [3.63, 3.8) is 0 Å². The van der Waals surface area contributed by atoms with Crippen LogP contribution in [-0.2, 0) is 6.42 Å². The average Bonchev–Trinajstić information content (AvgIpc) is 2.78. The van der Waals surface area contributed by atoms with Gasteiger partial charge in [-0.05, 0) is 43.1 Å². The second kappa shape index (κ2) is 5.45. The first-order valence-corrected chi connectivity index (χ1v) is 7.55. The summed E-state index contributed by atoms with van der Waals surface area (Å²) >= 11 is 1.91. The highest BCUT2D eigenvalue weighted by molar-refractivity contribution is 8.00. The molecule has 0 saturated carbocycles. The van der Waals surface area contributed by atoms with Crippen molar-refractivity contribution in [2.24, 2.45) is 0 Å². The number of rotatable bonds is 4. The van der Waals surface area contributed by atoms with Crippen LogP contribution in [-0.4, -0.2) is 15.6 Å². The molecule has 1 saturated heterocycles. The Balaban J connectivity index is 2.11. The molecule has 1 N–H and O–H groups in total. The smallest absolute Gasteiger partial charge is 0.0933 e. The molecule has 1 aliphatic heterocycles. The predicted molar refractivity (Wildman–Crippen MR) is 75.5 cm³/mol. The van der Waals surface area contributed by atoms with Crippen molar-refractivity contribution in [1.82, 2.24) is 0 Å². The lowest BCUT2D eigenvalue weighted by Crippen LogP contribution is -2.26. The summed E-state index contributed by atoms with van der Waals surface area (Å²) in [5.41, 5.74) is 2.44. The number of aryl methyl sites for hydroxylation is 1. The first-order valence-electron chi connectivity index (χ1n) is 6.56. The quantitative estimate of drug-likeness (QED) is 0.873. The van der Waals surface area contributed by atoms with Gasteiger partial charge in [0, 0.05) is 4.75 Å². The number of thioether (sulfide) groups is 1. The van der Waals surface area contributed by atoms with Gasteiger partial charge in [-0.25, -0.2) is 0 Å². The van der Waals surface area contributed by atoms with Gasteiger partial charge in [0.1, 0.15) is 0 Å². The zero-order valence-electron chi connectivity index (χ0n) is 10.8. The van der Waals surface area contributed by atoms with Crippen molar-refractivity contribution in [2.45, 2.75) is 50.4 Å². The van der Waals surface area contributed by atoms with Crippen LogP contribution in [0.3, 0.4) is 0 Å². The number of aliphatic hydroxyl groups excluding tert-OH is 1. The van der Waals surface area contributed by atoms with E-state index in [1.165, 1.54) is 24.2 Å². The van der Waals surface area contributed by atoms with E-state index in [2.05, 4.69) is 38.1 Å². The lowest BCUT2D eigenvalue weighted by Gasteiger charge is -2.29. The molecule has 2 unspecified atom stereocenters. The minimum Gasteiger partial charge on any atom is -0.387 e. The van der Waals surface area contributed by atoms with Gasteiger partial charge >= 0.3 is 0 Å². The van der Waals surface area contributed by atoms with Crippen LogP contribution in [0.5, 0.6) is 0 Å². The van der Waals surface area contributed by atoms with E-state index < -0.39 is 0 Å². The molecule has 0 bridgehead atoms. The fraction of sp³-hybridized carbons (Fsp3) is 0.600. The largest absolute Gasteiger partial charge is 0.387 e. The summed E-state index contributed by atoms with van der Waals surface area (Å²) in [5, 5.41) is 10.5. The van der Waals surface area contributed by atoms with Crippen LogP contribution >= 0.6 is 11.8 Å². The molecule has 0 spiro atoms. The monoisotopic (exact) mass is 250 g/mol. The molecule has 0 aliphatic carbocycles. The molecule has 1 nitrogen and oxygen atoms in total. The standard InChI is InChI=1S/C15H22OS/c1-3-5-12-6-8-13(9-7-12)14(16)15(2)10-4-11-17-15/h6-9,14,16H,3-5,10-11H2,1-2H3. The number of hydrogen-bond acceptors (Lipinski definition) is 2. The van der Waals surface area contributed by atoms with Crippen LogP contribution in [0.25, 0.3) is 0 Å². The molecule has 1 aromatic rings. The highest BCUT2D eigenvalue weighted by Gasteiger charge is 2.37. The van der Waals surface area contributed by atoms with Gasteiger partial charge in [-0.2, -0.15) is 11.8 Å². The van der Waals surface area contributed by atoms with E-state index in [1.54, 1.807) is 0 Å². The lowest BCUT2D eigenvalue weighted by atomic mass is 9.92. The molecule has 2 heteroatoms. The van der Waals surface area contributed by atoms with E-state index in [0.717, 1.165) is 18.4 Å². The summed E-state index contributed by atoms with van der Waals surface area (Å²) < 4.78 is 0.0201. The Morgan fingerprint density at radius 3 is 2.59 bits per heavy atom. The number of aliphatic hydroxyl groups is 1. The summed E-state index contributed by atoms with van der Waals surface area (Å²) in [6.45, 7) is 4.38. The van der Waals surface area contributed by atoms with Crippen molar-refractivity contribution >= 4 is 11.8 Å². The van der Waals surface area contributed by atoms with Gasteiger partial charge in [-0.15, -0.1) is 0 Å². The maximum Gasteiger partial charge on any atom is 0.0933 e. The predicted octanol–water partition coefficient (Wildman–Crippen LogP) is 3.96. The molecule has 1 heterocycles. The van der Waals surface area contributed by atoms with E-state index in [9.17, 15) is 5.11 Å². The van der Waals surface area contributed by atoms with Gasteiger partial charge in [-0.1, -0.05) is 37.6 Å². The van der Waals surface area contributed by atoms with Crippen LogP contribution in [0.2, 0.25) is 0 Å². The summed E-state index contributed by atoms with van der Waals surface area (Å²) in [5.74, 6) is 1.18. The molecule has 1 aromatic carbocycles. The molecule has 1 fully saturated rings. The Labute approximate surface area is 109 Å². The van der Waals surface area contributed by atoms with E-state index in [4.69, 9.17) is 0 Å². The molecule has 0 aromatic heterocycles. The summed E-state index contributed by atoms with van der Waals surface area (Å²) in [4.78, 5) is 0. The van der Waals surface area contributed by atoms with Gasteiger partial charge in [-0.3, -0.25) is 0 Å². The second-order valence-electron chi connectivity index (χ2n) is 5.16. The van der Waals surface area contributed by atoms with Crippen molar-refractivity contribution < 1.29 is 5.11 Å². The highest BCUT2D eigenvalue weighted by Crippen LogP contribution is 2.46.